The van der Waals surface area contributed by atoms with Crippen molar-refractivity contribution in [2.75, 3.05) is 6.54 Å². The van der Waals surface area contributed by atoms with Crippen LogP contribution in [0.3, 0.4) is 0 Å². The highest BCUT2D eigenvalue weighted by atomic mass is 15.1. The molecule has 0 fully saturated rings. The van der Waals surface area contributed by atoms with Crippen LogP contribution in [0, 0.1) is 13.8 Å². The van der Waals surface area contributed by atoms with Crippen LogP contribution in [0.4, 0.5) is 0 Å². The Kier molecular flexibility index (Phi) is 4.15. The lowest BCUT2D eigenvalue weighted by atomic mass is 10.1. The third kappa shape index (κ3) is 3.20. The van der Waals surface area contributed by atoms with E-state index in [0.29, 0.717) is 0 Å². The molecule has 0 spiro atoms. The van der Waals surface area contributed by atoms with E-state index in [1.807, 2.05) is 12.4 Å². The molecule has 1 aromatic heterocycles. The summed E-state index contributed by atoms with van der Waals surface area (Å²) in [7, 11) is 0. The molecule has 0 aliphatic carbocycles. The second kappa shape index (κ2) is 5.83. The first-order valence-corrected chi connectivity index (χ1v) is 6.47. The summed E-state index contributed by atoms with van der Waals surface area (Å²) < 4.78 is 2.21. The summed E-state index contributed by atoms with van der Waals surface area (Å²) in [6, 6.07) is 6.69. The summed E-state index contributed by atoms with van der Waals surface area (Å²) in [5.41, 5.74) is 3.97. The van der Waals surface area contributed by atoms with Crippen LogP contribution in [0.25, 0.3) is 0 Å². The van der Waals surface area contributed by atoms with Crippen LogP contribution in [0.2, 0.25) is 0 Å². The molecule has 2 rings (SSSR count). The third-order valence-electron chi connectivity index (χ3n) is 2.97. The van der Waals surface area contributed by atoms with Crippen LogP contribution in [-0.2, 0) is 13.1 Å². The topological polar surface area (TPSA) is 29.9 Å². The molecule has 96 valence electrons. The number of aromatic nitrogens is 2. The maximum absolute atomic E-state index is 4.40. The van der Waals surface area contributed by atoms with Crippen molar-refractivity contribution in [3.63, 3.8) is 0 Å². The van der Waals surface area contributed by atoms with Gasteiger partial charge < -0.3 is 9.88 Å². The molecular weight excluding hydrogens is 222 g/mol. The number of imidazole rings is 1. The average Bonchev–Trinajstić information content (AvgIpc) is 2.72. The fourth-order valence-electron chi connectivity index (χ4n) is 2.24. The molecule has 0 aliphatic rings. The maximum Gasteiger partial charge on any atom is 0.122 e. The zero-order valence-corrected chi connectivity index (χ0v) is 11.4. The van der Waals surface area contributed by atoms with Crippen molar-refractivity contribution in [1.82, 2.24) is 14.9 Å². The molecule has 1 aromatic carbocycles. The zero-order valence-electron chi connectivity index (χ0n) is 11.4. The molecule has 3 nitrogen and oxygen atoms in total. The van der Waals surface area contributed by atoms with Crippen LogP contribution in [-0.4, -0.2) is 16.1 Å². The molecule has 0 radical (unpaired) electrons. The summed E-state index contributed by atoms with van der Waals surface area (Å²) in [5.74, 6) is 1.09. The fourth-order valence-corrected chi connectivity index (χ4v) is 2.24. The summed E-state index contributed by atoms with van der Waals surface area (Å²) in [6.07, 6.45) is 3.92. The van der Waals surface area contributed by atoms with E-state index in [4.69, 9.17) is 0 Å². The molecule has 0 bridgehead atoms. The maximum atomic E-state index is 4.40. The molecule has 18 heavy (non-hydrogen) atoms. The summed E-state index contributed by atoms with van der Waals surface area (Å²) >= 11 is 0. The van der Waals surface area contributed by atoms with E-state index in [-0.39, 0.29) is 0 Å². The number of aryl methyl sites for hydroxylation is 2. The first kappa shape index (κ1) is 12.8. The van der Waals surface area contributed by atoms with Gasteiger partial charge in [0.2, 0.25) is 0 Å². The minimum Gasteiger partial charge on any atom is -0.329 e. The highest BCUT2D eigenvalue weighted by Gasteiger charge is 2.03. The van der Waals surface area contributed by atoms with E-state index in [0.717, 1.165) is 25.5 Å². The van der Waals surface area contributed by atoms with E-state index in [2.05, 4.69) is 53.8 Å². The molecule has 1 heterocycles. The van der Waals surface area contributed by atoms with E-state index >= 15 is 0 Å². The monoisotopic (exact) mass is 243 g/mol. The van der Waals surface area contributed by atoms with Gasteiger partial charge in [-0.25, -0.2) is 4.98 Å². The normalized spacial score (nSPS) is 10.8. The van der Waals surface area contributed by atoms with Crippen molar-refractivity contribution >= 4 is 0 Å². The SMILES string of the molecule is CCNCc1nccn1Cc1cc(C)cc(C)c1. The minimum absolute atomic E-state index is 0.828. The molecular formula is C15H21N3. The van der Waals surface area contributed by atoms with Crippen LogP contribution >= 0.6 is 0 Å². The molecule has 0 unspecified atom stereocenters. The Morgan fingerprint density at radius 2 is 1.89 bits per heavy atom. The van der Waals surface area contributed by atoms with Gasteiger partial charge in [0.1, 0.15) is 5.82 Å². The number of nitrogens with zero attached hydrogens (tertiary/aromatic N) is 2. The lowest BCUT2D eigenvalue weighted by Gasteiger charge is -2.10. The molecule has 0 amide bonds. The van der Waals surface area contributed by atoms with Crippen LogP contribution in [0.1, 0.15) is 29.4 Å². The summed E-state index contributed by atoms with van der Waals surface area (Å²) in [4.78, 5) is 4.40. The highest BCUT2D eigenvalue weighted by molar-refractivity contribution is 5.28. The predicted molar refractivity (Wildman–Crippen MR) is 74.6 cm³/mol. The van der Waals surface area contributed by atoms with Gasteiger partial charge in [-0.2, -0.15) is 0 Å². The van der Waals surface area contributed by atoms with Gasteiger partial charge in [0.25, 0.3) is 0 Å². The largest absolute Gasteiger partial charge is 0.329 e. The predicted octanol–water partition coefficient (Wildman–Crippen LogP) is 2.66. The zero-order chi connectivity index (χ0) is 13.0. The second-order valence-electron chi connectivity index (χ2n) is 4.75. The summed E-state index contributed by atoms with van der Waals surface area (Å²) in [6.45, 7) is 9.08. The molecule has 0 saturated heterocycles. The smallest absolute Gasteiger partial charge is 0.122 e. The van der Waals surface area contributed by atoms with Gasteiger partial charge in [-0.1, -0.05) is 36.2 Å². The summed E-state index contributed by atoms with van der Waals surface area (Å²) in [5, 5.41) is 3.32. The van der Waals surface area contributed by atoms with Crippen LogP contribution < -0.4 is 5.32 Å². The van der Waals surface area contributed by atoms with E-state index in [1.165, 1.54) is 16.7 Å². The van der Waals surface area contributed by atoms with Crippen molar-refractivity contribution in [1.29, 1.82) is 0 Å². The quantitative estimate of drug-likeness (QED) is 0.875. The van der Waals surface area contributed by atoms with Gasteiger partial charge in [0.05, 0.1) is 6.54 Å². The Labute approximate surface area is 109 Å². The van der Waals surface area contributed by atoms with Crippen LogP contribution in [0.15, 0.2) is 30.6 Å². The van der Waals surface area contributed by atoms with Crippen molar-refractivity contribution in [2.24, 2.45) is 0 Å². The van der Waals surface area contributed by atoms with Gasteiger partial charge >= 0.3 is 0 Å². The lowest BCUT2D eigenvalue weighted by molar-refractivity contribution is 0.639. The Bertz CT molecular complexity index is 494. The number of rotatable bonds is 5. The van der Waals surface area contributed by atoms with E-state index in [9.17, 15) is 0 Å². The second-order valence-corrected chi connectivity index (χ2v) is 4.75. The number of benzene rings is 1. The highest BCUT2D eigenvalue weighted by Crippen LogP contribution is 2.11. The first-order chi connectivity index (χ1) is 8.69. The van der Waals surface area contributed by atoms with E-state index < -0.39 is 0 Å². The molecule has 3 heteroatoms. The van der Waals surface area contributed by atoms with Crippen molar-refractivity contribution in [3.8, 4) is 0 Å². The molecule has 2 aromatic rings. The molecule has 0 saturated carbocycles. The first-order valence-electron chi connectivity index (χ1n) is 6.47. The number of nitrogens with one attached hydrogen (secondary N) is 1. The average molecular weight is 243 g/mol. The van der Waals surface area contributed by atoms with E-state index in [1.54, 1.807) is 0 Å². The Balaban J connectivity index is 2.15. The molecule has 1 N–H and O–H groups in total. The lowest BCUT2D eigenvalue weighted by Crippen LogP contribution is -2.16. The van der Waals surface area contributed by atoms with Gasteiger partial charge in [0, 0.05) is 18.9 Å². The molecule has 0 atom stereocenters. The third-order valence-corrected chi connectivity index (χ3v) is 2.97. The van der Waals surface area contributed by atoms with Crippen molar-refractivity contribution in [2.45, 2.75) is 33.9 Å². The van der Waals surface area contributed by atoms with Crippen molar-refractivity contribution < 1.29 is 0 Å². The number of hydrogen-bond donors (Lipinski definition) is 1. The van der Waals surface area contributed by atoms with Crippen molar-refractivity contribution in [3.05, 3.63) is 53.1 Å². The fraction of sp³-hybridized carbons (Fsp3) is 0.400. The molecule has 0 aliphatic heterocycles. The van der Waals surface area contributed by atoms with Gasteiger partial charge in [-0.3, -0.25) is 0 Å². The van der Waals surface area contributed by atoms with Gasteiger partial charge in [-0.05, 0) is 26.0 Å². The van der Waals surface area contributed by atoms with Gasteiger partial charge in [0.15, 0.2) is 0 Å². The number of hydrogen-bond acceptors (Lipinski definition) is 2. The Morgan fingerprint density at radius 3 is 2.56 bits per heavy atom. The standard InChI is InChI=1S/C15H21N3/c1-4-16-10-15-17-5-6-18(15)11-14-8-12(2)7-13(3)9-14/h5-9,16H,4,10-11H2,1-3H3. The van der Waals surface area contributed by atoms with Crippen LogP contribution in [0.5, 0.6) is 0 Å². The Hall–Kier alpha value is -1.61. The Morgan fingerprint density at radius 1 is 1.17 bits per heavy atom. The van der Waals surface area contributed by atoms with Gasteiger partial charge in [-0.15, -0.1) is 0 Å². The minimum atomic E-state index is 0.828.